The van der Waals surface area contributed by atoms with E-state index < -0.39 is 0 Å². The quantitative estimate of drug-likeness (QED) is 0.897. The Kier molecular flexibility index (Phi) is 4.59. The summed E-state index contributed by atoms with van der Waals surface area (Å²) >= 11 is 0. The van der Waals surface area contributed by atoms with E-state index >= 15 is 0 Å². The van der Waals surface area contributed by atoms with Crippen LogP contribution in [0.25, 0.3) is 0 Å². The first-order chi connectivity index (χ1) is 10.2. The molecule has 1 fully saturated rings. The number of fused-ring (bicyclic) bond motifs is 1. The summed E-state index contributed by atoms with van der Waals surface area (Å²) in [4.78, 5) is 12.3. The average molecular weight is 286 g/mol. The first-order valence-corrected chi connectivity index (χ1v) is 8.30. The van der Waals surface area contributed by atoms with E-state index in [0.29, 0.717) is 5.92 Å². The third-order valence-corrected chi connectivity index (χ3v) is 5.10. The van der Waals surface area contributed by atoms with Gasteiger partial charge in [-0.1, -0.05) is 44.0 Å². The molecule has 0 radical (unpaired) electrons. The Hall–Kier alpha value is -1.35. The normalized spacial score (nSPS) is 28.7. The Labute approximate surface area is 127 Å². The summed E-state index contributed by atoms with van der Waals surface area (Å²) in [5.74, 6) is 1.72. The molecule has 3 heteroatoms. The minimum absolute atomic E-state index is 0.0672. The van der Waals surface area contributed by atoms with Gasteiger partial charge in [0.1, 0.15) is 0 Å². The number of carbonyl (C=O) groups is 1. The number of benzene rings is 1. The van der Waals surface area contributed by atoms with Gasteiger partial charge in [0.2, 0.25) is 5.91 Å². The molecule has 2 aliphatic rings. The first-order valence-electron chi connectivity index (χ1n) is 8.30. The SMILES string of the molecule is CC1CCC(CNC(=O)[C@H]2Cc3ccccc3CN2)CC1. The molecule has 21 heavy (non-hydrogen) atoms. The minimum atomic E-state index is -0.0672. The molecule has 1 aliphatic carbocycles. The van der Waals surface area contributed by atoms with Gasteiger partial charge in [0.15, 0.2) is 0 Å². The van der Waals surface area contributed by atoms with Crippen molar-refractivity contribution >= 4 is 5.91 Å². The molecule has 3 nitrogen and oxygen atoms in total. The molecule has 1 heterocycles. The Morgan fingerprint density at radius 3 is 2.67 bits per heavy atom. The second-order valence-electron chi connectivity index (χ2n) is 6.78. The van der Waals surface area contributed by atoms with Gasteiger partial charge in [-0.3, -0.25) is 4.79 Å². The van der Waals surface area contributed by atoms with E-state index in [-0.39, 0.29) is 11.9 Å². The Morgan fingerprint density at radius 2 is 1.90 bits per heavy atom. The van der Waals surface area contributed by atoms with E-state index in [0.717, 1.165) is 25.4 Å². The Morgan fingerprint density at radius 1 is 1.19 bits per heavy atom. The van der Waals surface area contributed by atoms with Crippen LogP contribution >= 0.6 is 0 Å². The fourth-order valence-corrected chi connectivity index (χ4v) is 3.54. The first kappa shape index (κ1) is 14.6. The standard InChI is InChI=1S/C18H26N2O/c1-13-6-8-14(9-7-13)11-20-18(21)17-10-15-4-2-3-5-16(15)12-19-17/h2-5,13-14,17,19H,6-12H2,1H3,(H,20,21)/t13?,14?,17-/m1/s1. The maximum atomic E-state index is 12.3. The second kappa shape index (κ2) is 6.61. The maximum absolute atomic E-state index is 12.3. The highest BCUT2D eigenvalue weighted by molar-refractivity contribution is 5.82. The molecule has 1 aromatic rings. The Bertz CT molecular complexity index is 492. The van der Waals surface area contributed by atoms with Crippen molar-refractivity contribution in [3.8, 4) is 0 Å². The fraction of sp³-hybridized carbons (Fsp3) is 0.611. The molecule has 1 amide bonds. The van der Waals surface area contributed by atoms with Crippen LogP contribution < -0.4 is 10.6 Å². The molecule has 0 aromatic heterocycles. The molecule has 1 atom stereocenters. The number of nitrogens with one attached hydrogen (secondary N) is 2. The van der Waals surface area contributed by atoms with Gasteiger partial charge in [0, 0.05) is 13.1 Å². The van der Waals surface area contributed by atoms with E-state index in [2.05, 4.69) is 41.8 Å². The van der Waals surface area contributed by atoms with Crippen molar-refractivity contribution in [2.75, 3.05) is 6.54 Å². The summed E-state index contributed by atoms with van der Waals surface area (Å²) in [6.07, 6.45) is 5.97. The van der Waals surface area contributed by atoms with Crippen molar-refractivity contribution in [1.29, 1.82) is 0 Å². The number of carbonyl (C=O) groups excluding carboxylic acids is 1. The van der Waals surface area contributed by atoms with E-state index in [1.54, 1.807) is 0 Å². The lowest BCUT2D eigenvalue weighted by Crippen LogP contribution is -2.48. The van der Waals surface area contributed by atoms with Crippen molar-refractivity contribution in [2.24, 2.45) is 11.8 Å². The molecule has 0 unspecified atom stereocenters. The summed E-state index contributed by atoms with van der Waals surface area (Å²) in [6, 6.07) is 8.33. The second-order valence-corrected chi connectivity index (χ2v) is 6.78. The van der Waals surface area contributed by atoms with Crippen LogP contribution in [0, 0.1) is 11.8 Å². The smallest absolute Gasteiger partial charge is 0.237 e. The van der Waals surface area contributed by atoms with Crippen molar-refractivity contribution in [2.45, 2.75) is 51.6 Å². The monoisotopic (exact) mass is 286 g/mol. The van der Waals surface area contributed by atoms with Crippen LogP contribution in [0.15, 0.2) is 24.3 Å². The van der Waals surface area contributed by atoms with Crippen molar-refractivity contribution in [3.63, 3.8) is 0 Å². The third kappa shape index (κ3) is 3.65. The van der Waals surface area contributed by atoms with E-state index in [9.17, 15) is 4.79 Å². The van der Waals surface area contributed by atoms with Gasteiger partial charge >= 0.3 is 0 Å². The largest absolute Gasteiger partial charge is 0.354 e. The molecule has 0 spiro atoms. The highest BCUT2D eigenvalue weighted by atomic mass is 16.2. The topological polar surface area (TPSA) is 41.1 Å². The van der Waals surface area contributed by atoms with Crippen molar-refractivity contribution in [3.05, 3.63) is 35.4 Å². The van der Waals surface area contributed by atoms with Gasteiger partial charge in [-0.15, -0.1) is 0 Å². The molecule has 2 N–H and O–H groups in total. The molecule has 0 saturated heterocycles. The predicted molar refractivity (Wildman–Crippen MR) is 84.9 cm³/mol. The molecule has 1 saturated carbocycles. The zero-order valence-electron chi connectivity index (χ0n) is 12.9. The van der Waals surface area contributed by atoms with Crippen LogP contribution in [0.5, 0.6) is 0 Å². The summed E-state index contributed by atoms with van der Waals surface area (Å²) in [6.45, 7) is 3.98. The average Bonchev–Trinajstić information content (AvgIpc) is 2.53. The van der Waals surface area contributed by atoms with Gasteiger partial charge in [-0.05, 0) is 42.2 Å². The number of hydrogen-bond donors (Lipinski definition) is 2. The van der Waals surface area contributed by atoms with Gasteiger partial charge in [-0.25, -0.2) is 0 Å². The highest BCUT2D eigenvalue weighted by Crippen LogP contribution is 2.27. The lowest BCUT2D eigenvalue weighted by atomic mass is 9.83. The van der Waals surface area contributed by atoms with Gasteiger partial charge in [0.05, 0.1) is 6.04 Å². The molecule has 3 rings (SSSR count). The third-order valence-electron chi connectivity index (χ3n) is 5.10. The van der Waals surface area contributed by atoms with E-state index in [1.807, 2.05) is 0 Å². The zero-order chi connectivity index (χ0) is 14.7. The molecule has 1 aromatic carbocycles. The van der Waals surface area contributed by atoms with E-state index in [4.69, 9.17) is 0 Å². The van der Waals surface area contributed by atoms with Crippen LogP contribution in [0.2, 0.25) is 0 Å². The summed E-state index contributed by atoms with van der Waals surface area (Å²) in [5, 5.41) is 6.52. The zero-order valence-corrected chi connectivity index (χ0v) is 12.9. The molecular formula is C18H26N2O. The number of hydrogen-bond acceptors (Lipinski definition) is 2. The van der Waals surface area contributed by atoms with Gasteiger partial charge in [0.25, 0.3) is 0 Å². The fourth-order valence-electron chi connectivity index (χ4n) is 3.54. The van der Waals surface area contributed by atoms with Crippen LogP contribution in [0.3, 0.4) is 0 Å². The van der Waals surface area contributed by atoms with Crippen molar-refractivity contribution in [1.82, 2.24) is 10.6 Å². The van der Waals surface area contributed by atoms with Crippen LogP contribution in [0.4, 0.5) is 0 Å². The molecular weight excluding hydrogens is 260 g/mol. The predicted octanol–water partition coefficient (Wildman–Crippen LogP) is 2.64. The van der Waals surface area contributed by atoms with Crippen LogP contribution in [0.1, 0.15) is 43.7 Å². The van der Waals surface area contributed by atoms with Crippen LogP contribution in [-0.4, -0.2) is 18.5 Å². The lowest BCUT2D eigenvalue weighted by Gasteiger charge is -2.28. The Balaban J connectivity index is 1.48. The molecule has 114 valence electrons. The van der Waals surface area contributed by atoms with Crippen molar-refractivity contribution < 1.29 is 4.79 Å². The minimum Gasteiger partial charge on any atom is -0.354 e. The summed E-state index contributed by atoms with van der Waals surface area (Å²) in [7, 11) is 0. The number of rotatable bonds is 3. The molecule has 1 aliphatic heterocycles. The van der Waals surface area contributed by atoms with Gasteiger partial charge < -0.3 is 10.6 Å². The maximum Gasteiger partial charge on any atom is 0.237 e. The van der Waals surface area contributed by atoms with Crippen LogP contribution in [-0.2, 0) is 17.8 Å². The summed E-state index contributed by atoms with van der Waals surface area (Å²) in [5.41, 5.74) is 2.63. The molecule has 0 bridgehead atoms. The van der Waals surface area contributed by atoms with Gasteiger partial charge in [-0.2, -0.15) is 0 Å². The number of amides is 1. The summed E-state index contributed by atoms with van der Waals surface area (Å²) < 4.78 is 0. The highest BCUT2D eigenvalue weighted by Gasteiger charge is 2.25. The van der Waals surface area contributed by atoms with E-state index in [1.165, 1.54) is 36.8 Å². The lowest BCUT2D eigenvalue weighted by molar-refractivity contribution is -0.123.